The predicted molar refractivity (Wildman–Crippen MR) is 27.0 cm³/mol. The van der Waals surface area contributed by atoms with Crippen molar-refractivity contribution in [3.8, 4) is 0 Å². The summed E-state index contributed by atoms with van der Waals surface area (Å²) in [6.45, 7) is 0. The lowest BCUT2D eigenvalue weighted by Gasteiger charge is -2.21. The monoisotopic (exact) mass is 250 g/mol. The van der Waals surface area contributed by atoms with Gasteiger partial charge in [0.15, 0.2) is 0 Å². The first-order valence-electron chi connectivity index (χ1n) is 2.59. The molecule has 0 rings (SSSR count). The summed E-state index contributed by atoms with van der Waals surface area (Å²) in [4.78, 5) is 0. The van der Waals surface area contributed by atoms with Crippen LogP contribution in [0.1, 0.15) is 0 Å². The van der Waals surface area contributed by atoms with Crippen LogP contribution in [-0.4, -0.2) is 26.9 Å². The smallest absolute Gasteiger partial charge is 0.207 e. The minimum absolute atomic E-state index is 2.20. The van der Waals surface area contributed by atoms with Crippen molar-refractivity contribution in [2.24, 2.45) is 0 Å². The second kappa shape index (κ2) is 3.53. The van der Waals surface area contributed by atoms with Crippen molar-refractivity contribution >= 4 is 10.5 Å². The highest BCUT2D eigenvalue weighted by Gasteiger charge is 2.65. The lowest BCUT2D eigenvalue weighted by atomic mass is 10.3. The zero-order chi connectivity index (χ0) is 11.8. The van der Waals surface area contributed by atoms with Crippen molar-refractivity contribution in [3.63, 3.8) is 0 Å². The standard InChI is InChI=1S/C3HF7O3S/c4-1(13-14(10,11)12)2(5,6)3(7,8)9/h1H. The molecule has 0 N–H and O–H groups in total. The van der Waals surface area contributed by atoms with Gasteiger partial charge in [-0.1, -0.05) is 3.89 Å². The van der Waals surface area contributed by atoms with Crippen LogP contribution in [0.4, 0.5) is 30.2 Å². The Morgan fingerprint density at radius 1 is 1.07 bits per heavy atom. The Bertz CT molecular complexity index is 292. The molecule has 1 atom stereocenters. The van der Waals surface area contributed by atoms with E-state index in [1.165, 1.54) is 0 Å². The van der Waals surface area contributed by atoms with Crippen molar-refractivity contribution in [1.82, 2.24) is 0 Å². The predicted octanol–water partition coefficient (Wildman–Crippen LogP) is 1.71. The van der Waals surface area contributed by atoms with Crippen molar-refractivity contribution in [2.45, 2.75) is 18.5 Å². The average Bonchev–Trinajstić information content (AvgIpc) is 1.80. The maximum atomic E-state index is 11.9. The Morgan fingerprint density at radius 2 is 1.43 bits per heavy atom. The zero-order valence-corrected chi connectivity index (χ0v) is 6.67. The van der Waals surface area contributed by atoms with Gasteiger partial charge in [0.1, 0.15) is 0 Å². The molecular weight excluding hydrogens is 249 g/mol. The van der Waals surface area contributed by atoms with Gasteiger partial charge in [0.25, 0.3) is 6.36 Å². The first-order valence-corrected chi connectivity index (χ1v) is 3.90. The van der Waals surface area contributed by atoms with E-state index < -0.39 is 29.0 Å². The first kappa shape index (κ1) is 13.4. The Balaban J connectivity index is 4.78. The summed E-state index contributed by atoms with van der Waals surface area (Å²) in [6.07, 6.45) is -11.0. The van der Waals surface area contributed by atoms with Crippen LogP contribution >= 0.6 is 0 Å². The van der Waals surface area contributed by atoms with Crippen LogP contribution in [0.5, 0.6) is 0 Å². The van der Waals surface area contributed by atoms with Crippen molar-refractivity contribution < 1.29 is 42.8 Å². The molecule has 14 heavy (non-hydrogen) atoms. The minimum Gasteiger partial charge on any atom is -0.207 e. The molecule has 0 radical (unpaired) electrons. The van der Waals surface area contributed by atoms with Crippen LogP contribution < -0.4 is 0 Å². The van der Waals surface area contributed by atoms with Crippen molar-refractivity contribution in [2.75, 3.05) is 0 Å². The normalized spacial score (nSPS) is 16.8. The zero-order valence-electron chi connectivity index (χ0n) is 5.86. The number of hydrogen-bond acceptors (Lipinski definition) is 3. The molecule has 3 nitrogen and oxygen atoms in total. The van der Waals surface area contributed by atoms with E-state index >= 15 is 0 Å². The second-order valence-corrected chi connectivity index (χ2v) is 2.90. The second-order valence-electron chi connectivity index (χ2n) is 1.93. The Labute approximate surface area is 72.9 Å². The lowest BCUT2D eigenvalue weighted by Crippen LogP contribution is -2.46. The van der Waals surface area contributed by atoms with Gasteiger partial charge in [-0.05, 0) is 0 Å². The molecule has 0 aromatic heterocycles. The van der Waals surface area contributed by atoms with E-state index in [4.69, 9.17) is 0 Å². The van der Waals surface area contributed by atoms with Crippen LogP contribution in [0, 0.1) is 0 Å². The molecule has 0 amide bonds. The molecule has 1 unspecified atom stereocenters. The highest BCUT2D eigenvalue weighted by Crippen LogP contribution is 2.40. The summed E-state index contributed by atoms with van der Waals surface area (Å²) in [5, 5.41) is 0. The number of rotatable bonds is 3. The lowest BCUT2D eigenvalue weighted by molar-refractivity contribution is -0.328. The summed E-state index contributed by atoms with van der Waals surface area (Å²) in [5.41, 5.74) is 0. The number of alkyl halides is 6. The third kappa shape index (κ3) is 3.29. The molecule has 0 fully saturated rings. The van der Waals surface area contributed by atoms with E-state index in [0.29, 0.717) is 0 Å². The van der Waals surface area contributed by atoms with Gasteiger partial charge in [0, 0.05) is 0 Å². The third-order valence-corrected chi connectivity index (χ3v) is 1.26. The topological polar surface area (TPSA) is 43.4 Å². The molecule has 11 heteroatoms. The van der Waals surface area contributed by atoms with Crippen LogP contribution in [0.15, 0.2) is 0 Å². The van der Waals surface area contributed by atoms with Crippen LogP contribution in [0.25, 0.3) is 0 Å². The van der Waals surface area contributed by atoms with E-state index in [1.54, 1.807) is 0 Å². The van der Waals surface area contributed by atoms with E-state index in [9.17, 15) is 38.6 Å². The molecule has 0 aliphatic heterocycles. The molecular formula is C3HF7O3S. The van der Waals surface area contributed by atoms with E-state index in [1.807, 2.05) is 0 Å². The maximum absolute atomic E-state index is 11.9. The fourth-order valence-electron chi connectivity index (χ4n) is 0.290. The number of halogens is 7. The highest BCUT2D eigenvalue weighted by atomic mass is 32.3. The van der Waals surface area contributed by atoms with Crippen molar-refractivity contribution in [3.05, 3.63) is 0 Å². The molecule has 0 aromatic carbocycles. The van der Waals surface area contributed by atoms with Gasteiger partial charge in [0.2, 0.25) is 0 Å². The molecule has 0 bridgehead atoms. The van der Waals surface area contributed by atoms with Crippen LogP contribution in [0.3, 0.4) is 0 Å². The van der Waals surface area contributed by atoms with E-state index in [-0.39, 0.29) is 0 Å². The summed E-state index contributed by atoms with van der Waals surface area (Å²) < 4.78 is 102. The fourth-order valence-corrected chi connectivity index (χ4v) is 0.613. The minimum atomic E-state index is -6.38. The summed E-state index contributed by atoms with van der Waals surface area (Å²) in [7, 11) is -6.22. The van der Waals surface area contributed by atoms with E-state index in [0.717, 1.165) is 0 Å². The van der Waals surface area contributed by atoms with E-state index in [2.05, 4.69) is 4.18 Å². The SMILES string of the molecule is O=S(=O)(F)OC(F)C(F)(F)C(F)(F)F. The van der Waals surface area contributed by atoms with Gasteiger partial charge in [0.05, 0.1) is 0 Å². The third-order valence-electron chi connectivity index (χ3n) is 0.862. The molecule has 0 aromatic rings. The van der Waals surface area contributed by atoms with Gasteiger partial charge in [-0.15, -0.1) is 0 Å². The number of hydrogen-bond donors (Lipinski definition) is 0. The van der Waals surface area contributed by atoms with Gasteiger partial charge < -0.3 is 0 Å². The summed E-state index contributed by atoms with van der Waals surface area (Å²) in [5.74, 6) is -6.10. The van der Waals surface area contributed by atoms with Crippen LogP contribution in [0.2, 0.25) is 0 Å². The van der Waals surface area contributed by atoms with Crippen molar-refractivity contribution in [1.29, 1.82) is 0 Å². The average molecular weight is 250 g/mol. The largest absolute Gasteiger partial charge is 0.459 e. The molecule has 0 saturated carbocycles. The Kier molecular flexibility index (Phi) is 3.38. The highest BCUT2D eigenvalue weighted by molar-refractivity contribution is 7.81. The Hall–Kier alpha value is -0.580. The van der Waals surface area contributed by atoms with Gasteiger partial charge in [-0.3, -0.25) is 0 Å². The summed E-state index contributed by atoms with van der Waals surface area (Å²) in [6, 6.07) is 0. The fraction of sp³-hybridized carbons (Fsp3) is 1.00. The van der Waals surface area contributed by atoms with Crippen LogP contribution in [-0.2, 0) is 14.7 Å². The maximum Gasteiger partial charge on any atom is 0.459 e. The van der Waals surface area contributed by atoms with Gasteiger partial charge >= 0.3 is 22.6 Å². The molecule has 0 aliphatic rings. The molecule has 0 heterocycles. The molecule has 0 aliphatic carbocycles. The first-order chi connectivity index (χ1) is 5.88. The molecule has 0 saturated heterocycles. The van der Waals surface area contributed by atoms with Gasteiger partial charge in [-0.2, -0.15) is 30.4 Å². The molecule has 0 spiro atoms. The molecule has 86 valence electrons. The summed E-state index contributed by atoms with van der Waals surface area (Å²) >= 11 is 0. The van der Waals surface area contributed by atoms with Gasteiger partial charge in [-0.25, -0.2) is 8.57 Å². The quantitative estimate of drug-likeness (QED) is 0.565. The Morgan fingerprint density at radius 3 is 1.64 bits per heavy atom.